The molecule has 0 unspecified atom stereocenters. The molecule has 0 bridgehead atoms. The number of aliphatic imine (C=N–C) groups is 1. The maximum atomic E-state index is 10.2. The molecule has 6 heteroatoms. The van der Waals surface area contributed by atoms with Crippen molar-refractivity contribution in [3.63, 3.8) is 0 Å². The third kappa shape index (κ3) is 6.51. The molecular weight excluding hydrogens is 532 g/mol. The monoisotopic (exact) mass is 560 g/mol. The van der Waals surface area contributed by atoms with Crippen LogP contribution in [0.1, 0.15) is 34.7 Å². The van der Waals surface area contributed by atoms with Crippen LogP contribution in [-0.2, 0) is 6.61 Å². The summed E-state index contributed by atoms with van der Waals surface area (Å²) < 4.78 is 18.2. The second-order valence-electron chi connectivity index (χ2n) is 9.64. The summed E-state index contributed by atoms with van der Waals surface area (Å²) >= 11 is 5.99. The number of hydrogen-bond donors (Lipinski definition) is 0. The number of ether oxygens (including phenoxy) is 2. The molecule has 5 rings (SSSR count). The average molecular weight is 561 g/mol. The van der Waals surface area contributed by atoms with E-state index in [9.17, 15) is 5.26 Å². The fourth-order valence-electron chi connectivity index (χ4n) is 4.39. The Labute approximate surface area is 245 Å². The van der Waals surface area contributed by atoms with Crippen LogP contribution >= 0.6 is 11.6 Å². The lowest BCUT2D eigenvalue weighted by Crippen LogP contribution is -2.00. The summed E-state index contributed by atoms with van der Waals surface area (Å²) in [5.74, 6) is 2.09. The lowest BCUT2D eigenvalue weighted by Gasteiger charge is -2.12. The number of nitriles is 1. The standard InChI is InChI=1S/C35H29ClN2O3/c1-4-39-32-19-26(11-18-31(32)40-22-25-9-16-29(36)17-10-25)21-38-35-30(20-37)33(27-12-5-23(2)6-13-27)34(41-35)28-14-7-24(3)8-15-28/h5-19,21H,4,22H2,1-3H3. The number of nitrogens with zero attached hydrogens (tertiary/aromatic N) is 2. The second-order valence-corrected chi connectivity index (χ2v) is 10.1. The molecule has 4 aromatic carbocycles. The van der Waals surface area contributed by atoms with E-state index < -0.39 is 0 Å². The Kier molecular flexibility index (Phi) is 8.53. The number of halogens is 1. The largest absolute Gasteiger partial charge is 0.490 e. The topological polar surface area (TPSA) is 67.8 Å². The number of furan rings is 1. The fraction of sp³-hybridized carbons (Fsp3) is 0.143. The number of rotatable bonds is 9. The quantitative estimate of drug-likeness (QED) is 0.168. The van der Waals surface area contributed by atoms with Gasteiger partial charge in [-0.15, -0.1) is 0 Å². The Morgan fingerprint density at radius 1 is 0.829 bits per heavy atom. The van der Waals surface area contributed by atoms with Gasteiger partial charge >= 0.3 is 0 Å². The van der Waals surface area contributed by atoms with Gasteiger partial charge in [-0.1, -0.05) is 83.4 Å². The Balaban J connectivity index is 1.48. The highest BCUT2D eigenvalue weighted by Crippen LogP contribution is 2.42. The van der Waals surface area contributed by atoms with Crippen molar-refractivity contribution in [2.45, 2.75) is 27.4 Å². The first-order valence-corrected chi connectivity index (χ1v) is 13.7. The number of benzene rings is 4. The molecular formula is C35H29ClN2O3. The van der Waals surface area contributed by atoms with Crippen molar-refractivity contribution >= 4 is 23.7 Å². The molecule has 0 atom stereocenters. The molecule has 41 heavy (non-hydrogen) atoms. The molecule has 5 aromatic rings. The Morgan fingerprint density at radius 3 is 2.12 bits per heavy atom. The van der Waals surface area contributed by atoms with Crippen LogP contribution in [0.3, 0.4) is 0 Å². The van der Waals surface area contributed by atoms with Crippen molar-refractivity contribution in [3.05, 3.63) is 124 Å². The van der Waals surface area contributed by atoms with E-state index in [-0.39, 0.29) is 5.88 Å². The highest BCUT2D eigenvalue weighted by Gasteiger charge is 2.23. The van der Waals surface area contributed by atoms with Gasteiger partial charge in [0.05, 0.1) is 6.61 Å². The van der Waals surface area contributed by atoms with Gasteiger partial charge in [0, 0.05) is 22.4 Å². The minimum atomic E-state index is 0.250. The molecule has 0 amide bonds. The summed E-state index contributed by atoms with van der Waals surface area (Å²) in [6.07, 6.45) is 1.67. The molecule has 5 nitrogen and oxygen atoms in total. The van der Waals surface area contributed by atoms with Crippen LogP contribution in [0.25, 0.3) is 22.5 Å². The maximum absolute atomic E-state index is 10.2. The van der Waals surface area contributed by atoms with Crippen molar-refractivity contribution in [2.24, 2.45) is 4.99 Å². The van der Waals surface area contributed by atoms with Gasteiger partial charge < -0.3 is 13.9 Å². The van der Waals surface area contributed by atoms with E-state index in [1.54, 1.807) is 6.21 Å². The molecule has 0 saturated heterocycles. The third-order valence-electron chi connectivity index (χ3n) is 6.56. The van der Waals surface area contributed by atoms with Crippen molar-refractivity contribution in [2.75, 3.05) is 6.61 Å². The van der Waals surface area contributed by atoms with Gasteiger partial charge in [-0.25, -0.2) is 4.99 Å². The lowest BCUT2D eigenvalue weighted by molar-refractivity contribution is 0.269. The van der Waals surface area contributed by atoms with Crippen LogP contribution in [-0.4, -0.2) is 12.8 Å². The maximum Gasteiger partial charge on any atom is 0.238 e. The van der Waals surface area contributed by atoms with Gasteiger partial charge in [-0.05, 0) is 67.8 Å². The van der Waals surface area contributed by atoms with Crippen LogP contribution in [0.2, 0.25) is 5.02 Å². The van der Waals surface area contributed by atoms with E-state index in [0.717, 1.165) is 38.9 Å². The summed E-state index contributed by atoms with van der Waals surface area (Å²) in [4.78, 5) is 4.62. The van der Waals surface area contributed by atoms with Crippen LogP contribution < -0.4 is 9.47 Å². The molecule has 204 valence electrons. The van der Waals surface area contributed by atoms with E-state index in [1.807, 2.05) is 112 Å². The normalized spacial score (nSPS) is 11.0. The fourth-order valence-corrected chi connectivity index (χ4v) is 4.51. The van der Waals surface area contributed by atoms with Crippen LogP contribution in [0.4, 0.5) is 5.88 Å². The first kappa shape index (κ1) is 27.8. The highest BCUT2D eigenvalue weighted by molar-refractivity contribution is 6.30. The van der Waals surface area contributed by atoms with Gasteiger partial charge in [0.2, 0.25) is 5.88 Å². The zero-order chi connectivity index (χ0) is 28.8. The summed E-state index contributed by atoms with van der Waals surface area (Å²) in [5, 5.41) is 10.9. The van der Waals surface area contributed by atoms with Gasteiger partial charge in [0.25, 0.3) is 0 Å². The molecule has 0 aliphatic heterocycles. The van der Waals surface area contributed by atoms with E-state index in [2.05, 4.69) is 11.1 Å². The van der Waals surface area contributed by atoms with Gasteiger partial charge in [-0.3, -0.25) is 0 Å². The summed E-state index contributed by atoms with van der Waals surface area (Å²) in [6, 6.07) is 31.6. The molecule has 1 aromatic heterocycles. The van der Waals surface area contributed by atoms with Gasteiger partial charge in [-0.2, -0.15) is 5.26 Å². The van der Waals surface area contributed by atoms with Gasteiger partial charge in [0.15, 0.2) is 11.5 Å². The Hall–Kier alpha value is -4.79. The molecule has 0 saturated carbocycles. The molecule has 1 heterocycles. The first-order chi connectivity index (χ1) is 19.9. The Morgan fingerprint density at radius 2 is 1.49 bits per heavy atom. The molecule has 0 radical (unpaired) electrons. The van der Waals surface area contributed by atoms with Crippen molar-refractivity contribution < 1.29 is 13.9 Å². The predicted octanol–water partition coefficient (Wildman–Crippen LogP) is 9.48. The average Bonchev–Trinajstić information content (AvgIpc) is 3.36. The summed E-state index contributed by atoms with van der Waals surface area (Å²) in [7, 11) is 0. The third-order valence-corrected chi connectivity index (χ3v) is 6.81. The zero-order valence-corrected chi connectivity index (χ0v) is 23.9. The number of hydrogen-bond acceptors (Lipinski definition) is 5. The minimum Gasteiger partial charge on any atom is -0.490 e. The van der Waals surface area contributed by atoms with Crippen LogP contribution in [0.15, 0.2) is 100 Å². The van der Waals surface area contributed by atoms with Crippen molar-refractivity contribution in [3.8, 4) is 40.0 Å². The zero-order valence-electron chi connectivity index (χ0n) is 23.1. The molecule has 0 N–H and O–H groups in total. The molecule has 0 aliphatic rings. The van der Waals surface area contributed by atoms with E-state index in [1.165, 1.54) is 0 Å². The first-order valence-electron chi connectivity index (χ1n) is 13.3. The second kappa shape index (κ2) is 12.6. The minimum absolute atomic E-state index is 0.250. The molecule has 0 spiro atoms. The van der Waals surface area contributed by atoms with Crippen LogP contribution in [0.5, 0.6) is 11.5 Å². The van der Waals surface area contributed by atoms with E-state index >= 15 is 0 Å². The summed E-state index contributed by atoms with van der Waals surface area (Å²) in [5.41, 5.74) is 6.94. The Bertz CT molecular complexity index is 1710. The van der Waals surface area contributed by atoms with Crippen molar-refractivity contribution in [1.29, 1.82) is 5.26 Å². The number of aryl methyl sites for hydroxylation is 2. The smallest absolute Gasteiger partial charge is 0.238 e. The van der Waals surface area contributed by atoms with Gasteiger partial charge in [0.1, 0.15) is 24.0 Å². The SMILES string of the molecule is CCOc1cc(C=Nc2oc(-c3ccc(C)cc3)c(-c3ccc(C)cc3)c2C#N)ccc1OCc1ccc(Cl)cc1. The van der Waals surface area contributed by atoms with Crippen molar-refractivity contribution in [1.82, 2.24) is 0 Å². The predicted molar refractivity (Wildman–Crippen MR) is 164 cm³/mol. The highest BCUT2D eigenvalue weighted by atomic mass is 35.5. The molecule has 0 fully saturated rings. The lowest BCUT2D eigenvalue weighted by atomic mass is 9.97. The van der Waals surface area contributed by atoms with E-state index in [0.29, 0.717) is 41.1 Å². The van der Waals surface area contributed by atoms with Crippen LogP contribution in [0, 0.1) is 25.2 Å². The van der Waals surface area contributed by atoms with E-state index in [4.69, 9.17) is 25.5 Å². The summed E-state index contributed by atoms with van der Waals surface area (Å²) in [6.45, 7) is 6.85. The molecule has 0 aliphatic carbocycles.